The van der Waals surface area contributed by atoms with Gasteiger partial charge in [0.05, 0.1) is 5.69 Å². The van der Waals surface area contributed by atoms with Crippen molar-refractivity contribution in [3.05, 3.63) is 249 Å². The zero-order valence-corrected chi connectivity index (χ0v) is 36.0. The van der Waals surface area contributed by atoms with Gasteiger partial charge >= 0.3 is 0 Å². The lowest BCUT2D eigenvalue weighted by Crippen LogP contribution is -2.10. The molecule has 1 aromatic heterocycles. The Kier molecular flexibility index (Phi) is 8.89. The van der Waals surface area contributed by atoms with E-state index in [4.69, 9.17) is 4.42 Å². The summed E-state index contributed by atoms with van der Waals surface area (Å²) in [6.45, 7) is 0. The lowest BCUT2D eigenvalue weighted by Gasteiger charge is -2.28. The van der Waals surface area contributed by atoms with Crippen LogP contribution in [0, 0.1) is 0 Å². The fourth-order valence-electron chi connectivity index (χ4n) is 10.3. The molecule has 308 valence electrons. The number of hydrogen-bond acceptors (Lipinski definition) is 2. The zero-order chi connectivity index (χ0) is 43.6. The largest absolute Gasteiger partial charge is 0.456 e. The highest BCUT2D eigenvalue weighted by atomic mass is 16.3. The molecule has 13 rings (SSSR count). The average molecular weight is 840 g/mol. The maximum atomic E-state index is 6.29. The first kappa shape index (κ1) is 37.8. The molecule has 12 aromatic carbocycles. The van der Waals surface area contributed by atoms with Crippen molar-refractivity contribution in [2.45, 2.75) is 0 Å². The minimum Gasteiger partial charge on any atom is -0.456 e. The number of rotatable bonds is 7. The van der Waals surface area contributed by atoms with Crippen molar-refractivity contribution in [1.82, 2.24) is 0 Å². The summed E-state index contributed by atoms with van der Waals surface area (Å²) in [4.78, 5) is 2.41. The van der Waals surface area contributed by atoms with Crippen LogP contribution >= 0.6 is 0 Å². The number of fused-ring (bicyclic) bond motifs is 8. The Morgan fingerprint density at radius 2 is 0.773 bits per heavy atom. The Hall–Kier alpha value is -8.72. The number of nitrogens with zero attached hydrogens (tertiary/aromatic N) is 1. The summed E-state index contributed by atoms with van der Waals surface area (Å²) in [5, 5.41) is 12.1. The summed E-state index contributed by atoms with van der Waals surface area (Å²) >= 11 is 0. The fraction of sp³-hybridized carbons (Fsp3) is 0. The number of para-hydroxylation sites is 1. The summed E-state index contributed by atoms with van der Waals surface area (Å²) in [6.07, 6.45) is 0. The lowest BCUT2D eigenvalue weighted by atomic mass is 9.88. The van der Waals surface area contributed by atoms with Crippen molar-refractivity contribution in [2.75, 3.05) is 4.90 Å². The molecule has 0 radical (unpaired) electrons. The van der Waals surface area contributed by atoms with Gasteiger partial charge in [-0.1, -0.05) is 200 Å². The first-order valence-corrected chi connectivity index (χ1v) is 22.7. The Balaban J connectivity index is 0.926. The number of furan rings is 1. The molecule has 0 saturated heterocycles. The maximum absolute atomic E-state index is 6.29. The molecule has 0 atom stereocenters. The monoisotopic (exact) mass is 839 g/mol. The van der Waals surface area contributed by atoms with Gasteiger partial charge in [0.2, 0.25) is 0 Å². The summed E-state index contributed by atoms with van der Waals surface area (Å²) < 4.78 is 6.29. The smallest absolute Gasteiger partial charge is 0.136 e. The van der Waals surface area contributed by atoms with Crippen LogP contribution in [0.3, 0.4) is 0 Å². The second-order valence-electron chi connectivity index (χ2n) is 17.2. The van der Waals surface area contributed by atoms with Crippen LogP contribution in [0.5, 0.6) is 0 Å². The van der Waals surface area contributed by atoms with Crippen molar-refractivity contribution in [3.63, 3.8) is 0 Å². The summed E-state index contributed by atoms with van der Waals surface area (Å²) in [5.74, 6) is 0. The molecule has 1 heterocycles. The first-order valence-electron chi connectivity index (χ1n) is 22.7. The normalized spacial score (nSPS) is 11.6. The van der Waals surface area contributed by atoms with E-state index in [1.54, 1.807) is 0 Å². The van der Waals surface area contributed by atoms with Crippen molar-refractivity contribution in [1.29, 1.82) is 0 Å². The van der Waals surface area contributed by atoms with Crippen LogP contribution in [0.1, 0.15) is 0 Å². The Labute approximate surface area is 382 Å². The van der Waals surface area contributed by atoms with Gasteiger partial charge in [0.15, 0.2) is 0 Å². The first-order chi connectivity index (χ1) is 32.7. The molecule has 0 amide bonds. The van der Waals surface area contributed by atoms with Crippen LogP contribution in [0.15, 0.2) is 253 Å². The third-order valence-corrected chi connectivity index (χ3v) is 13.5. The molecule has 2 nitrogen and oxygen atoms in total. The zero-order valence-electron chi connectivity index (χ0n) is 36.0. The fourth-order valence-corrected chi connectivity index (χ4v) is 10.3. The molecule has 0 aliphatic rings. The van der Waals surface area contributed by atoms with Gasteiger partial charge in [-0.3, -0.25) is 0 Å². The molecular formula is C64H41NO. The van der Waals surface area contributed by atoms with Gasteiger partial charge in [-0.2, -0.15) is 0 Å². The SMILES string of the molecule is c1ccc2c(-c3ccc(-c4c(-c5ccc(N(c6ccc(-c7ccc8c(c7)oc7ccccc78)cc6)c6cc7ccccc7c7ccccc67)cc5)ccc5ccccc45)cc3)cccc2c1. The van der Waals surface area contributed by atoms with Crippen LogP contribution in [-0.2, 0) is 0 Å². The second-order valence-corrected chi connectivity index (χ2v) is 17.2. The van der Waals surface area contributed by atoms with E-state index in [-0.39, 0.29) is 0 Å². The molecule has 0 bridgehead atoms. The van der Waals surface area contributed by atoms with E-state index in [2.05, 4.69) is 241 Å². The van der Waals surface area contributed by atoms with E-state index in [1.165, 1.54) is 70.9 Å². The van der Waals surface area contributed by atoms with Gasteiger partial charge in [-0.15, -0.1) is 0 Å². The van der Waals surface area contributed by atoms with Crippen LogP contribution in [-0.4, -0.2) is 0 Å². The van der Waals surface area contributed by atoms with E-state index in [0.29, 0.717) is 0 Å². The highest BCUT2D eigenvalue weighted by Gasteiger charge is 2.20. The molecule has 0 unspecified atom stereocenters. The average Bonchev–Trinajstić information content (AvgIpc) is 3.77. The lowest BCUT2D eigenvalue weighted by molar-refractivity contribution is 0.669. The summed E-state index contributed by atoms with van der Waals surface area (Å²) in [5.41, 5.74) is 14.6. The van der Waals surface area contributed by atoms with Gasteiger partial charge < -0.3 is 9.32 Å². The van der Waals surface area contributed by atoms with Gasteiger partial charge in [0.1, 0.15) is 11.2 Å². The maximum Gasteiger partial charge on any atom is 0.136 e. The van der Waals surface area contributed by atoms with Crippen LogP contribution in [0.4, 0.5) is 17.1 Å². The third kappa shape index (κ3) is 6.34. The van der Waals surface area contributed by atoms with E-state index < -0.39 is 0 Å². The van der Waals surface area contributed by atoms with Gasteiger partial charge in [0.25, 0.3) is 0 Å². The minimum atomic E-state index is 0.898. The predicted molar refractivity (Wildman–Crippen MR) is 280 cm³/mol. The third-order valence-electron chi connectivity index (χ3n) is 13.5. The molecule has 0 aliphatic heterocycles. The van der Waals surface area contributed by atoms with Crippen molar-refractivity contribution < 1.29 is 4.42 Å². The standard InChI is InChI=1S/C64H41NO/c1-4-16-52-43(12-1)15-11-22-53(52)45-24-26-47(27-25-45)64-55-18-6-2-13-44(55)32-38-56(64)46-30-36-51(37-31-46)65(61-40-49-14-3-5-17-54(49)57-19-7-8-20-58(57)61)50-34-28-42(29-35-50)48-33-39-60-59-21-9-10-23-62(59)66-63(60)41-48/h1-41H. The quantitative estimate of drug-likeness (QED) is 0.149. The van der Waals surface area contributed by atoms with Gasteiger partial charge in [-0.25, -0.2) is 0 Å². The minimum absolute atomic E-state index is 0.898. The van der Waals surface area contributed by atoms with Crippen LogP contribution in [0.2, 0.25) is 0 Å². The van der Waals surface area contributed by atoms with Crippen molar-refractivity contribution >= 4 is 82.1 Å². The molecule has 0 N–H and O–H groups in total. The van der Waals surface area contributed by atoms with Crippen LogP contribution < -0.4 is 4.90 Å². The second kappa shape index (κ2) is 15.5. The van der Waals surface area contributed by atoms with Crippen molar-refractivity contribution in [2.24, 2.45) is 0 Å². The number of benzene rings is 12. The molecule has 0 aliphatic carbocycles. The number of hydrogen-bond donors (Lipinski definition) is 0. The Morgan fingerprint density at radius 1 is 0.258 bits per heavy atom. The molecule has 0 fully saturated rings. The number of anilines is 3. The Bertz CT molecular complexity index is 3970. The molecule has 2 heteroatoms. The highest BCUT2D eigenvalue weighted by Crippen LogP contribution is 2.45. The highest BCUT2D eigenvalue weighted by molar-refractivity contribution is 6.15. The van der Waals surface area contributed by atoms with E-state index in [0.717, 1.165) is 55.7 Å². The van der Waals surface area contributed by atoms with E-state index in [1.807, 2.05) is 12.1 Å². The topological polar surface area (TPSA) is 16.4 Å². The van der Waals surface area contributed by atoms with E-state index in [9.17, 15) is 0 Å². The van der Waals surface area contributed by atoms with Gasteiger partial charge in [0, 0.05) is 27.5 Å². The van der Waals surface area contributed by atoms with Gasteiger partial charge in [-0.05, 0) is 131 Å². The van der Waals surface area contributed by atoms with Crippen molar-refractivity contribution in [3.8, 4) is 44.5 Å². The van der Waals surface area contributed by atoms with Crippen LogP contribution in [0.25, 0.3) is 110 Å². The molecule has 66 heavy (non-hydrogen) atoms. The Morgan fingerprint density at radius 3 is 1.53 bits per heavy atom. The molecule has 13 aromatic rings. The molecular weight excluding hydrogens is 799 g/mol. The summed E-state index contributed by atoms with van der Waals surface area (Å²) in [7, 11) is 0. The predicted octanol–water partition coefficient (Wildman–Crippen LogP) is 18.3. The summed E-state index contributed by atoms with van der Waals surface area (Å²) in [6, 6.07) is 90.4. The van der Waals surface area contributed by atoms with E-state index >= 15 is 0 Å². The molecule has 0 saturated carbocycles. The molecule has 0 spiro atoms.